The Labute approximate surface area is 105 Å². The van der Waals surface area contributed by atoms with Crippen LogP contribution in [-0.4, -0.2) is 21.6 Å². The first-order valence-corrected chi connectivity index (χ1v) is 5.55. The van der Waals surface area contributed by atoms with Crippen molar-refractivity contribution in [2.45, 2.75) is 13.8 Å². The SMILES string of the molecule is CCOc1ncnc(Oc2cccnc2C)c1N. The van der Waals surface area contributed by atoms with E-state index in [-0.39, 0.29) is 11.6 Å². The van der Waals surface area contributed by atoms with Gasteiger partial charge in [-0.3, -0.25) is 4.98 Å². The number of rotatable bonds is 4. The lowest BCUT2D eigenvalue weighted by molar-refractivity contribution is 0.325. The largest absolute Gasteiger partial charge is 0.476 e. The first-order valence-electron chi connectivity index (χ1n) is 5.55. The van der Waals surface area contributed by atoms with E-state index in [1.807, 2.05) is 13.8 Å². The lowest BCUT2D eigenvalue weighted by Gasteiger charge is -2.10. The number of hydrogen-bond donors (Lipinski definition) is 1. The van der Waals surface area contributed by atoms with E-state index < -0.39 is 0 Å². The molecule has 0 spiro atoms. The Hall–Kier alpha value is -2.37. The van der Waals surface area contributed by atoms with E-state index in [1.165, 1.54) is 6.33 Å². The van der Waals surface area contributed by atoms with Crippen LogP contribution in [-0.2, 0) is 0 Å². The molecular weight excluding hydrogens is 232 g/mol. The second-order valence-corrected chi connectivity index (χ2v) is 3.52. The second-order valence-electron chi connectivity index (χ2n) is 3.52. The minimum Gasteiger partial charge on any atom is -0.476 e. The second kappa shape index (κ2) is 5.31. The molecule has 0 saturated heterocycles. The molecule has 2 aromatic rings. The monoisotopic (exact) mass is 246 g/mol. The zero-order valence-corrected chi connectivity index (χ0v) is 10.3. The molecule has 0 radical (unpaired) electrons. The Morgan fingerprint density at radius 1 is 1.22 bits per heavy atom. The first-order chi connectivity index (χ1) is 8.72. The summed E-state index contributed by atoms with van der Waals surface area (Å²) in [6.45, 7) is 4.18. The van der Waals surface area contributed by atoms with Gasteiger partial charge in [0.05, 0.1) is 12.3 Å². The molecule has 6 heteroatoms. The fourth-order valence-electron chi connectivity index (χ4n) is 1.38. The summed E-state index contributed by atoms with van der Waals surface area (Å²) >= 11 is 0. The van der Waals surface area contributed by atoms with Gasteiger partial charge in [0.1, 0.15) is 6.33 Å². The van der Waals surface area contributed by atoms with Gasteiger partial charge in [0, 0.05) is 6.20 Å². The normalized spacial score (nSPS) is 10.1. The summed E-state index contributed by atoms with van der Waals surface area (Å²) in [6.07, 6.45) is 3.04. The number of aryl methyl sites for hydroxylation is 1. The van der Waals surface area contributed by atoms with E-state index in [9.17, 15) is 0 Å². The summed E-state index contributed by atoms with van der Waals surface area (Å²) in [4.78, 5) is 12.1. The molecule has 0 amide bonds. The van der Waals surface area contributed by atoms with Crippen LogP contribution in [0.5, 0.6) is 17.5 Å². The summed E-state index contributed by atoms with van der Waals surface area (Å²) in [5.74, 6) is 1.19. The molecule has 94 valence electrons. The number of nitrogen functional groups attached to an aromatic ring is 1. The summed E-state index contributed by atoms with van der Waals surface area (Å²) in [5, 5.41) is 0. The number of pyridine rings is 1. The van der Waals surface area contributed by atoms with Gasteiger partial charge >= 0.3 is 0 Å². The van der Waals surface area contributed by atoms with Gasteiger partial charge in [0.25, 0.3) is 0 Å². The van der Waals surface area contributed by atoms with E-state index >= 15 is 0 Å². The van der Waals surface area contributed by atoms with Crippen LogP contribution in [0, 0.1) is 6.92 Å². The van der Waals surface area contributed by atoms with Crippen molar-refractivity contribution in [3.63, 3.8) is 0 Å². The maximum Gasteiger partial charge on any atom is 0.249 e. The Bertz CT molecular complexity index is 545. The third-order valence-electron chi connectivity index (χ3n) is 2.26. The molecule has 6 nitrogen and oxygen atoms in total. The van der Waals surface area contributed by atoms with E-state index in [0.717, 1.165) is 5.69 Å². The lowest BCUT2D eigenvalue weighted by Crippen LogP contribution is -2.03. The number of anilines is 1. The minimum absolute atomic E-state index is 0.268. The standard InChI is InChI=1S/C12H14N4O2/c1-3-17-11-10(13)12(16-7-15-11)18-9-5-4-6-14-8(9)2/h4-7H,3,13H2,1-2H3. The molecule has 0 aliphatic heterocycles. The van der Waals surface area contributed by atoms with Crippen LogP contribution in [0.2, 0.25) is 0 Å². The van der Waals surface area contributed by atoms with E-state index in [1.54, 1.807) is 18.3 Å². The Balaban J connectivity index is 2.30. The quantitative estimate of drug-likeness (QED) is 0.887. The third-order valence-corrected chi connectivity index (χ3v) is 2.26. The molecule has 0 aliphatic carbocycles. The maximum absolute atomic E-state index is 5.87. The molecule has 2 N–H and O–H groups in total. The fourth-order valence-corrected chi connectivity index (χ4v) is 1.38. The van der Waals surface area contributed by atoms with Gasteiger partial charge in [-0.2, -0.15) is 9.97 Å². The molecule has 2 heterocycles. The highest BCUT2D eigenvalue weighted by Gasteiger charge is 2.12. The highest BCUT2D eigenvalue weighted by Crippen LogP contribution is 2.31. The minimum atomic E-state index is 0.268. The average molecular weight is 246 g/mol. The van der Waals surface area contributed by atoms with Crippen molar-refractivity contribution in [1.82, 2.24) is 15.0 Å². The molecule has 0 atom stereocenters. The molecule has 0 fully saturated rings. The van der Waals surface area contributed by atoms with Crippen molar-refractivity contribution in [2.75, 3.05) is 12.3 Å². The third kappa shape index (κ3) is 2.48. The predicted octanol–water partition coefficient (Wildman–Crippen LogP) is 1.95. The van der Waals surface area contributed by atoms with Gasteiger partial charge < -0.3 is 15.2 Å². The van der Waals surface area contributed by atoms with Crippen molar-refractivity contribution in [2.24, 2.45) is 0 Å². The fraction of sp³-hybridized carbons (Fsp3) is 0.250. The van der Waals surface area contributed by atoms with E-state index in [2.05, 4.69) is 15.0 Å². The predicted molar refractivity (Wildman–Crippen MR) is 66.7 cm³/mol. The number of nitrogens with two attached hydrogens (primary N) is 1. The van der Waals surface area contributed by atoms with Crippen LogP contribution in [0.25, 0.3) is 0 Å². The molecule has 2 rings (SSSR count). The van der Waals surface area contributed by atoms with E-state index in [4.69, 9.17) is 15.2 Å². The number of aromatic nitrogens is 3. The Morgan fingerprint density at radius 2 is 2.00 bits per heavy atom. The van der Waals surface area contributed by atoms with Gasteiger partial charge in [-0.1, -0.05) is 0 Å². The number of ether oxygens (including phenoxy) is 2. The molecule has 18 heavy (non-hydrogen) atoms. The van der Waals surface area contributed by atoms with Crippen LogP contribution in [0.15, 0.2) is 24.7 Å². The number of hydrogen-bond acceptors (Lipinski definition) is 6. The molecule has 2 aromatic heterocycles. The molecule has 0 aliphatic rings. The van der Waals surface area contributed by atoms with Crippen LogP contribution >= 0.6 is 0 Å². The molecule has 0 bridgehead atoms. The zero-order chi connectivity index (χ0) is 13.0. The van der Waals surface area contributed by atoms with Gasteiger partial charge in [-0.05, 0) is 26.0 Å². The van der Waals surface area contributed by atoms with E-state index in [0.29, 0.717) is 18.2 Å². The zero-order valence-electron chi connectivity index (χ0n) is 10.3. The topological polar surface area (TPSA) is 83.2 Å². The molecular formula is C12H14N4O2. The lowest BCUT2D eigenvalue weighted by atomic mass is 10.3. The van der Waals surface area contributed by atoms with Crippen LogP contribution in [0.1, 0.15) is 12.6 Å². The molecule has 0 saturated carbocycles. The van der Waals surface area contributed by atoms with Crippen LogP contribution in [0.4, 0.5) is 5.69 Å². The van der Waals surface area contributed by atoms with Crippen LogP contribution < -0.4 is 15.2 Å². The van der Waals surface area contributed by atoms with Crippen molar-refractivity contribution in [3.8, 4) is 17.5 Å². The van der Waals surface area contributed by atoms with Crippen molar-refractivity contribution in [1.29, 1.82) is 0 Å². The van der Waals surface area contributed by atoms with Crippen LogP contribution in [0.3, 0.4) is 0 Å². The highest BCUT2D eigenvalue weighted by atomic mass is 16.5. The summed E-state index contributed by atoms with van der Waals surface area (Å²) in [6, 6.07) is 3.58. The molecule has 0 aromatic carbocycles. The van der Waals surface area contributed by atoms with Crippen molar-refractivity contribution >= 4 is 5.69 Å². The maximum atomic E-state index is 5.87. The van der Waals surface area contributed by atoms with Gasteiger partial charge in [0.2, 0.25) is 11.8 Å². The number of nitrogens with zero attached hydrogens (tertiary/aromatic N) is 3. The highest BCUT2D eigenvalue weighted by molar-refractivity contribution is 5.56. The Morgan fingerprint density at radius 3 is 2.72 bits per heavy atom. The Kier molecular flexibility index (Phi) is 3.57. The first kappa shape index (κ1) is 12.1. The summed E-state index contributed by atoms with van der Waals surface area (Å²) in [5.41, 5.74) is 6.91. The summed E-state index contributed by atoms with van der Waals surface area (Å²) in [7, 11) is 0. The molecule has 0 unspecified atom stereocenters. The summed E-state index contributed by atoms with van der Waals surface area (Å²) < 4.78 is 10.9. The van der Waals surface area contributed by atoms with Gasteiger partial charge in [-0.25, -0.2) is 0 Å². The average Bonchev–Trinajstić information content (AvgIpc) is 2.37. The van der Waals surface area contributed by atoms with Crippen molar-refractivity contribution in [3.05, 3.63) is 30.4 Å². The van der Waals surface area contributed by atoms with Crippen molar-refractivity contribution < 1.29 is 9.47 Å². The van der Waals surface area contributed by atoms with Gasteiger partial charge in [-0.15, -0.1) is 0 Å². The smallest absolute Gasteiger partial charge is 0.249 e. The van der Waals surface area contributed by atoms with Gasteiger partial charge in [0.15, 0.2) is 11.4 Å².